The number of rotatable bonds is 2. The summed E-state index contributed by atoms with van der Waals surface area (Å²) in [5.41, 5.74) is 6.21. The maximum absolute atomic E-state index is 6.12. The number of aryl methyl sites for hydroxylation is 1. The van der Waals surface area contributed by atoms with Crippen LogP contribution >= 0.6 is 11.6 Å². The minimum absolute atomic E-state index is 0.736. The SMILES string of the molecule is Cc1ccc(Cl)cc1-c1c[nH]c(-c2ncnn3cccc23)c1. The van der Waals surface area contributed by atoms with Gasteiger partial charge in [0.25, 0.3) is 0 Å². The highest BCUT2D eigenvalue weighted by Crippen LogP contribution is 2.30. The lowest BCUT2D eigenvalue weighted by molar-refractivity contribution is 0.905. The average Bonchev–Trinajstić information content (AvgIpc) is 3.17. The first-order chi connectivity index (χ1) is 10.7. The van der Waals surface area contributed by atoms with E-state index in [0.717, 1.165) is 33.1 Å². The number of fused-ring (bicyclic) bond motifs is 1. The molecule has 4 rings (SSSR count). The number of hydrogen-bond donors (Lipinski definition) is 1. The van der Waals surface area contributed by atoms with Crippen molar-refractivity contribution in [1.29, 1.82) is 0 Å². The van der Waals surface area contributed by atoms with Crippen molar-refractivity contribution in [2.24, 2.45) is 0 Å². The summed E-state index contributed by atoms with van der Waals surface area (Å²) in [6.45, 7) is 2.08. The second-order valence-corrected chi connectivity index (χ2v) is 5.64. The fraction of sp³-hybridized carbons (Fsp3) is 0.0588. The highest BCUT2D eigenvalue weighted by molar-refractivity contribution is 6.30. The molecule has 22 heavy (non-hydrogen) atoms. The van der Waals surface area contributed by atoms with E-state index in [9.17, 15) is 0 Å². The normalized spacial score (nSPS) is 11.2. The molecule has 1 aromatic carbocycles. The number of nitrogens with zero attached hydrogens (tertiary/aromatic N) is 3. The van der Waals surface area contributed by atoms with Crippen molar-refractivity contribution in [2.75, 3.05) is 0 Å². The molecule has 0 bridgehead atoms. The molecular formula is C17H13ClN4. The second-order valence-electron chi connectivity index (χ2n) is 5.21. The Labute approximate surface area is 132 Å². The van der Waals surface area contributed by atoms with Gasteiger partial charge in [0.1, 0.15) is 12.0 Å². The standard InChI is InChI=1S/C17H13ClN4/c1-11-4-5-13(18)8-14(11)12-7-15(19-9-12)17-16-3-2-6-22(16)21-10-20-17/h2-10,19H,1H3. The zero-order valence-electron chi connectivity index (χ0n) is 11.9. The molecule has 0 aliphatic rings. The highest BCUT2D eigenvalue weighted by Gasteiger charge is 2.11. The lowest BCUT2D eigenvalue weighted by Crippen LogP contribution is -1.94. The lowest BCUT2D eigenvalue weighted by Gasteiger charge is -2.03. The van der Waals surface area contributed by atoms with Gasteiger partial charge in [0.2, 0.25) is 0 Å². The Morgan fingerprint density at radius 1 is 1.18 bits per heavy atom. The predicted molar refractivity (Wildman–Crippen MR) is 88.0 cm³/mol. The van der Waals surface area contributed by atoms with Gasteiger partial charge in [0, 0.05) is 23.0 Å². The van der Waals surface area contributed by atoms with Crippen LogP contribution in [-0.4, -0.2) is 19.6 Å². The molecule has 0 aliphatic heterocycles. The Hall–Kier alpha value is -2.59. The van der Waals surface area contributed by atoms with Crippen molar-refractivity contribution in [3.05, 3.63) is 65.7 Å². The van der Waals surface area contributed by atoms with E-state index in [4.69, 9.17) is 11.6 Å². The third-order valence-corrected chi connectivity index (χ3v) is 4.02. The minimum Gasteiger partial charge on any atom is -0.359 e. The molecule has 5 heteroatoms. The van der Waals surface area contributed by atoms with Gasteiger partial charge in [-0.3, -0.25) is 0 Å². The largest absolute Gasteiger partial charge is 0.359 e. The van der Waals surface area contributed by atoms with Crippen LogP contribution in [0.3, 0.4) is 0 Å². The molecule has 3 aromatic heterocycles. The summed E-state index contributed by atoms with van der Waals surface area (Å²) >= 11 is 6.12. The van der Waals surface area contributed by atoms with Gasteiger partial charge in [0.15, 0.2) is 0 Å². The molecule has 0 saturated heterocycles. The van der Waals surface area contributed by atoms with Crippen LogP contribution in [0, 0.1) is 6.92 Å². The van der Waals surface area contributed by atoms with E-state index in [1.165, 1.54) is 5.56 Å². The Morgan fingerprint density at radius 3 is 3.00 bits per heavy atom. The zero-order valence-corrected chi connectivity index (χ0v) is 12.7. The Balaban J connectivity index is 1.85. The molecule has 1 N–H and O–H groups in total. The van der Waals surface area contributed by atoms with Crippen LogP contribution in [-0.2, 0) is 0 Å². The number of hydrogen-bond acceptors (Lipinski definition) is 2. The number of aromatic amines is 1. The van der Waals surface area contributed by atoms with Crippen LogP contribution in [0.5, 0.6) is 0 Å². The highest BCUT2D eigenvalue weighted by atomic mass is 35.5. The van der Waals surface area contributed by atoms with Crippen molar-refractivity contribution in [3.63, 3.8) is 0 Å². The van der Waals surface area contributed by atoms with E-state index >= 15 is 0 Å². The first-order valence-electron chi connectivity index (χ1n) is 6.96. The van der Waals surface area contributed by atoms with E-state index in [1.54, 1.807) is 6.33 Å². The van der Waals surface area contributed by atoms with Crippen molar-refractivity contribution in [1.82, 2.24) is 19.6 Å². The van der Waals surface area contributed by atoms with Crippen molar-refractivity contribution >= 4 is 17.1 Å². The van der Waals surface area contributed by atoms with Crippen LogP contribution < -0.4 is 0 Å². The van der Waals surface area contributed by atoms with Crippen LogP contribution in [0.1, 0.15) is 5.56 Å². The topological polar surface area (TPSA) is 46.0 Å². The van der Waals surface area contributed by atoms with Crippen molar-refractivity contribution < 1.29 is 0 Å². The summed E-state index contributed by atoms with van der Waals surface area (Å²) in [5.74, 6) is 0. The van der Waals surface area contributed by atoms with Crippen molar-refractivity contribution in [2.45, 2.75) is 6.92 Å². The van der Waals surface area contributed by atoms with Gasteiger partial charge in [-0.2, -0.15) is 5.10 Å². The number of nitrogens with one attached hydrogen (secondary N) is 1. The fourth-order valence-electron chi connectivity index (χ4n) is 2.67. The third-order valence-electron chi connectivity index (χ3n) is 3.78. The maximum atomic E-state index is 6.12. The van der Waals surface area contributed by atoms with Gasteiger partial charge < -0.3 is 4.98 Å². The van der Waals surface area contributed by atoms with Gasteiger partial charge in [-0.25, -0.2) is 9.50 Å². The van der Waals surface area contributed by atoms with Gasteiger partial charge in [-0.15, -0.1) is 0 Å². The van der Waals surface area contributed by atoms with Gasteiger partial charge in [-0.1, -0.05) is 17.7 Å². The van der Waals surface area contributed by atoms with E-state index in [1.807, 2.05) is 47.2 Å². The number of H-pyrrole nitrogens is 1. The molecule has 108 valence electrons. The van der Waals surface area contributed by atoms with Crippen LogP contribution in [0.25, 0.3) is 28.0 Å². The Morgan fingerprint density at radius 2 is 2.09 bits per heavy atom. The molecule has 0 fully saturated rings. The van der Waals surface area contributed by atoms with Crippen LogP contribution in [0.4, 0.5) is 0 Å². The first kappa shape index (κ1) is 13.1. The quantitative estimate of drug-likeness (QED) is 0.598. The first-order valence-corrected chi connectivity index (χ1v) is 7.34. The van der Waals surface area contributed by atoms with Crippen LogP contribution in [0.2, 0.25) is 5.02 Å². The predicted octanol–water partition coefficient (Wildman–Crippen LogP) is 4.35. The Kier molecular flexibility index (Phi) is 2.98. The monoisotopic (exact) mass is 308 g/mol. The summed E-state index contributed by atoms with van der Waals surface area (Å²) in [6.07, 6.45) is 5.45. The summed E-state index contributed by atoms with van der Waals surface area (Å²) in [7, 11) is 0. The van der Waals surface area contributed by atoms with Gasteiger partial charge in [0.05, 0.1) is 11.2 Å². The van der Waals surface area contributed by atoms with Crippen molar-refractivity contribution in [3.8, 4) is 22.5 Å². The number of aromatic nitrogens is 4. The van der Waals surface area contributed by atoms with E-state index in [-0.39, 0.29) is 0 Å². The molecule has 0 atom stereocenters. The number of benzene rings is 1. The van der Waals surface area contributed by atoms with E-state index in [0.29, 0.717) is 0 Å². The van der Waals surface area contributed by atoms with E-state index < -0.39 is 0 Å². The van der Waals surface area contributed by atoms with Gasteiger partial charge in [-0.05, 0) is 48.4 Å². The molecule has 4 aromatic rings. The molecule has 0 amide bonds. The third kappa shape index (κ3) is 2.09. The Bertz CT molecular complexity index is 968. The smallest absolute Gasteiger partial charge is 0.137 e. The molecule has 0 spiro atoms. The molecular weight excluding hydrogens is 296 g/mol. The fourth-order valence-corrected chi connectivity index (χ4v) is 2.84. The summed E-state index contributed by atoms with van der Waals surface area (Å²) in [4.78, 5) is 7.71. The van der Waals surface area contributed by atoms with Gasteiger partial charge >= 0.3 is 0 Å². The molecule has 3 heterocycles. The summed E-state index contributed by atoms with van der Waals surface area (Å²) in [6, 6.07) is 12.0. The lowest BCUT2D eigenvalue weighted by atomic mass is 10.0. The second kappa shape index (κ2) is 5.00. The average molecular weight is 309 g/mol. The summed E-state index contributed by atoms with van der Waals surface area (Å²) in [5, 5.41) is 4.93. The molecule has 0 aliphatic carbocycles. The minimum atomic E-state index is 0.736. The molecule has 0 saturated carbocycles. The van der Waals surface area contributed by atoms with E-state index in [2.05, 4.69) is 28.1 Å². The zero-order chi connectivity index (χ0) is 15.1. The summed E-state index contributed by atoms with van der Waals surface area (Å²) < 4.78 is 1.81. The molecule has 4 nitrogen and oxygen atoms in total. The maximum Gasteiger partial charge on any atom is 0.137 e. The molecule has 0 radical (unpaired) electrons. The molecule has 0 unspecified atom stereocenters. The number of halogens is 1. The van der Waals surface area contributed by atoms with Crippen LogP contribution in [0.15, 0.2) is 55.1 Å².